The Hall–Kier alpha value is -1.46. The zero-order valence-corrected chi connectivity index (χ0v) is 12.3. The first-order chi connectivity index (χ1) is 10.4. The lowest BCUT2D eigenvalue weighted by Crippen LogP contribution is -2.32. The maximum absolute atomic E-state index is 6.02. The van der Waals surface area contributed by atoms with Crippen LogP contribution in [-0.2, 0) is 11.2 Å². The van der Waals surface area contributed by atoms with E-state index in [4.69, 9.17) is 9.72 Å². The van der Waals surface area contributed by atoms with Crippen molar-refractivity contribution < 1.29 is 4.74 Å². The summed E-state index contributed by atoms with van der Waals surface area (Å²) in [7, 11) is 0. The smallest absolute Gasteiger partial charge is 0.160 e. The highest BCUT2D eigenvalue weighted by Gasteiger charge is 2.28. The van der Waals surface area contributed by atoms with Crippen LogP contribution in [0, 0.1) is 0 Å². The summed E-state index contributed by atoms with van der Waals surface area (Å²) >= 11 is 0. The average molecular weight is 286 g/mol. The van der Waals surface area contributed by atoms with Gasteiger partial charge in [-0.05, 0) is 50.9 Å². The van der Waals surface area contributed by atoms with Crippen LogP contribution >= 0.6 is 0 Å². The number of aromatic nitrogens is 3. The molecule has 0 spiro atoms. The monoisotopic (exact) mass is 286 g/mol. The van der Waals surface area contributed by atoms with Crippen LogP contribution in [0.5, 0.6) is 0 Å². The molecule has 2 aromatic heterocycles. The van der Waals surface area contributed by atoms with Crippen LogP contribution in [0.4, 0.5) is 0 Å². The molecule has 0 bridgehead atoms. The molecule has 21 heavy (non-hydrogen) atoms. The van der Waals surface area contributed by atoms with Gasteiger partial charge in [-0.2, -0.15) is 0 Å². The first-order valence-corrected chi connectivity index (χ1v) is 8.06. The summed E-state index contributed by atoms with van der Waals surface area (Å²) in [5, 5.41) is 3.37. The highest BCUT2D eigenvalue weighted by molar-refractivity contribution is 5.71. The third-order valence-electron chi connectivity index (χ3n) is 4.40. The molecular weight excluding hydrogens is 264 g/mol. The van der Waals surface area contributed by atoms with Gasteiger partial charge < -0.3 is 14.6 Å². The lowest BCUT2D eigenvalue weighted by molar-refractivity contribution is 0.0339. The molecule has 5 nitrogen and oxygen atoms in total. The quantitative estimate of drug-likeness (QED) is 0.914. The third kappa shape index (κ3) is 2.80. The number of nitrogens with one attached hydrogen (secondary N) is 1. The zero-order valence-electron chi connectivity index (χ0n) is 12.3. The van der Waals surface area contributed by atoms with E-state index >= 15 is 0 Å². The Kier molecular flexibility index (Phi) is 3.61. The van der Waals surface area contributed by atoms with Gasteiger partial charge in [0.25, 0.3) is 0 Å². The van der Waals surface area contributed by atoms with Crippen LogP contribution in [0.1, 0.15) is 37.5 Å². The Bertz CT molecular complexity index is 614. The predicted octanol–water partition coefficient (Wildman–Crippen LogP) is 2.08. The number of fused-ring (bicyclic) bond motifs is 1. The van der Waals surface area contributed by atoms with Crippen molar-refractivity contribution in [3.63, 3.8) is 0 Å². The number of ether oxygens (including phenoxy) is 1. The third-order valence-corrected chi connectivity index (χ3v) is 4.40. The number of nitrogens with zero attached hydrogens (tertiary/aromatic N) is 3. The van der Waals surface area contributed by atoms with Crippen LogP contribution in [0.2, 0.25) is 0 Å². The van der Waals surface area contributed by atoms with Gasteiger partial charge in [-0.1, -0.05) is 0 Å². The molecule has 0 amide bonds. The molecule has 2 aliphatic rings. The van der Waals surface area contributed by atoms with E-state index in [1.807, 2.05) is 12.3 Å². The number of hydrogen-bond donors (Lipinski definition) is 1. The molecule has 1 saturated carbocycles. The highest BCUT2D eigenvalue weighted by Crippen LogP contribution is 2.38. The summed E-state index contributed by atoms with van der Waals surface area (Å²) in [6, 6.07) is 4.62. The van der Waals surface area contributed by atoms with Gasteiger partial charge in [0.15, 0.2) is 5.65 Å². The van der Waals surface area contributed by atoms with Crippen LogP contribution < -0.4 is 5.32 Å². The lowest BCUT2D eigenvalue weighted by atomic mass is 10.1. The Balaban J connectivity index is 1.46. The molecule has 2 fully saturated rings. The second-order valence-corrected chi connectivity index (χ2v) is 6.05. The van der Waals surface area contributed by atoms with Gasteiger partial charge in [-0.3, -0.25) is 0 Å². The van der Waals surface area contributed by atoms with E-state index in [-0.39, 0.29) is 0 Å². The molecule has 1 N–H and O–H groups in total. The Labute approximate surface area is 124 Å². The minimum atomic E-state index is 0.420. The Morgan fingerprint density at radius 3 is 2.90 bits per heavy atom. The molecule has 4 rings (SSSR count). The first-order valence-electron chi connectivity index (χ1n) is 8.06. The van der Waals surface area contributed by atoms with Crippen molar-refractivity contribution in [2.24, 2.45) is 0 Å². The maximum Gasteiger partial charge on any atom is 0.160 e. The van der Waals surface area contributed by atoms with Gasteiger partial charge in [-0.15, -0.1) is 0 Å². The number of hydrogen-bond acceptors (Lipinski definition) is 4. The second kappa shape index (κ2) is 5.73. The highest BCUT2D eigenvalue weighted by atomic mass is 16.5. The average Bonchev–Trinajstić information content (AvgIpc) is 3.29. The molecule has 0 atom stereocenters. The van der Waals surface area contributed by atoms with E-state index in [1.54, 1.807) is 0 Å². The molecule has 5 heteroatoms. The second-order valence-electron chi connectivity index (χ2n) is 6.05. The van der Waals surface area contributed by atoms with Crippen molar-refractivity contribution in [1.82, 2.24) is 19.9 Å². The van der Waals surface area contributed by atoms with Crippen molar-refractivity contribution in [2.75, 3.05) is 19.7 Å². The predicted molar refractivity (Wildman–Crippen MR) is 81.3 cm³/mol. The SMILES string of the molecule is c1cnc2c(c1)nc(CCOC1CCNCC1)n2C1CC1. The maximum atomic E-state index is 6.02. The standard InChI is InChI=1S/C16H22N4O/c1-2-14-16(18-8-1)20(12-3-4-12)15(19-14)7-11-21-13-5-9-17-10-6-13/h1-2,8,12-13,17H,3-7,9-11H2. The Morgan fingerprint density at radius 2 is 2.10 bits per heavy atom. The van der Waals surface area contributed by atoms with Crippen molar-refractivity contribution >= 4 is 11.2 Å². The molecule has 112 valence electrons. The van der Waals surface area contributed by atoms with Crippen LogP contribution in [0.3, 0.4) is 0 Å². The minimum Gasteiger partial charge on any atom is -0.378 e. The van der Waals surface area contributed by atoms with Gasteiger partial charge in [0.1, 0.15) is 11.3 Å². The summed E-state index contributed by atoms with van der Waals surface area (Å²) in [5.41, 5.74) is 2.05. The molecule has 1 aliphatic carbocycles. The first kappa shape index (κ1) is 13.2. The summed E-state index contributed by atoms with van der Waals surface area (Å²) < 4.78 is 8.36. The summed E-state index contributed by atoms with van der Waals surface area (Å²) in [6.45, 7) is 2.92. The van der Waals surface area contributed by atoms with Gasteiger partial charge >= 0.3 is 0 Å². The van der Waals surface area contributed by atoms with E-state index in [1.165, 1.54) is 12.8 Å². The number of pyridine rings is 1. The van der Waals surface area contributed by atoms with Gasteiger partial charge in [0, 0.05) is 18.7 Å². The fraction of sp³-hybridized carbons (Fsp3) is 0.625. The molecule has 1 aliphatic heterocycles. The molecular formula is C16H22N4O. The fourth-order valence-electron chi connectivity index (χ4n) is 3.15. The van der Waals surface area contributed by atoms with E-state index in [2.05, 4.69) is 20.9 Å². The lowest BCUT2D eigenvalue weighted by Gasteiger charge is -2.22. The van der Waals surface area contributed by atoms with Gasteiger partial charge in [-0.25, -0.2) is 9.97 Å². The van der Waals surface area contributed by atoms with E-state index in [0.29, 0.717) is 12.1 Å². The molecule has 0 unspecified atom stereocenters. The van der Waals surface area contributed by atoms with Crippen molar-refractivity contribution in [3.05, 3.63) is 24.2 Å². The van der Waals surface area contributed by atoms with Crippen LogP contribution in [0.15, 0.2) is 18.3 Å². The number of rotatable bonds is 5. The molecule has 0 aromatic carbocycles. The molecule has 2 aromatic rings. The van der Waals surface area contributed by atoms with E-state index in [9.17, 15) is 0 Å². The summed E-state index contributed by atoms with van der Waals surface area (Å²) in [6.07, 6.45) is 7.92. The zero-order chi connectivity index (χ0) is 14.1. The summed E-state index contributed by atoms with van der Waals surface area (Å²) in [4.78, 5) is 9.28. The van der Waals surface area contributed by atoms with Crippen LogP contribution in [0.25, 0.3) is 11.2 Å². The number of piperidine rings is 1. The van der Waals surface area contributed by atoms with Crippen LogP contribution in [-0.4, -0.2) is 40.3 Å². The molecule has 0 radical (unpaired) electrons. The molecule has 3 heterocycles. The van der Waals surface area contributed by atoms with E-state index < -0.39 is 0 Å². The minimum absolute atomic E-state index is 0.420. The van der Waals surface area contributed by atoms with Crippen molar-refractivity contribution in [2.45, 2.75) is 44.2 Å². The normalized spacial score (nSPS) is 20.2. The van der Waals surface area contributed by atoms with Crippen molar-refractivity contribution in [1.29, 1.82) is 0 Å². The van der Waals surface area contributed by atoms with Gasteiger partial charge in [0.2, 0.25) is 0 Å². The van der Waals surface area contributed by atoms with Gasteiger partial charge in [0.05, 0.1) is 12.7 Å². The summed E-state index contributed by atoms with van der Waals surface area (Å²) in [5.74, 6) is 1.14. The Morgan fingerprint density at radius 1 is 1.24 bits per heavy atom. The van der Waals surface area contributed by atoms with Crippen molar-refractivity contribution in [3.8, 4) is 0 Å². The topological polar surface area (TPSA) is 52.0 Å². The number of imidazole rings is 1. The fourth-order valence-corrected chi connectivity index (χ4v) is 3.15. The largest absolute Gasteiger partial charge is 0.378 e. The van der Waals surface area contributed by atoms with E-state index in [0.717, 1.165) is 55.9 Å². The molecule has 1 saturated heterocycles.